The highest BCUT2D eigenvalue weighted by atomic mass is 16.5. The van der Waals surface area contributed by atoms with Gasteiger partial charge in [0.15, 0.2) is 11.3 Å². The summed E-state index contributed by atoms with van der Waals surface area (Å²) in [5.74, 6) is 1.07. The molecule has 0 bridgehead atoms. The molecule has 0 atom stereocenters. The van der Waals surface area contributed by atoms with Crippen LogP contribution < -0.4 is 11.2 Å². The van der Waals surface area contributed by atoms with Gasteiger partial charge in [-0.3, -0.25) is 4.79 Å². The zero-order valence-corrected chi connectivity index (χ0v) is 14.2. The number of nitrogens with zero attached hydrogens (tertiary/aromatic N) is 3. The van der Waals surface area contributed by atoms with E-state index in [0.29, 0.717) is 29.0 Å². The fourth-order valence-corrected chi connectivity index (χ4v) is 3.69. The summed E-state index contributed by atoms with van der Waals surface area (Å²) in [6.07, 6.45) is 2.86. The molecule has 0 amide bonds. The van der Waals surface area contributed by atoms with Gasteiger partial charge in [-0.1, -0.05) is 29.4 Å². The maximum absolute atomic E-state index is 12.8. The fraction of sp³-hybridized carbons (Fsp3) is 0.250. The monoisotopic (exact) mass is 346 g/mol. The summed E-state index contributed by atoms with van der Waals surface area (Å²) in [6.45, 7) is 0.393. The van der Waals surface area contributed by atoms with Gasteiger partial charge in [-0.25, -0.2) is 0 Å². The minimum Gasteiger partial charge on any atom is -0.337 e. The van der Waals surface area contributed by atoms with Crippen LogP contribution in [0.15, 0.2) is 57.8 Å². The molecule has 1 aliphatic carbocycles. The van der Waals surface area contributed by atoms with Crippen molar-refractivity contribution in [2.75, 3.05) is 0 Å². The number of benzene rings is 2. The van der Waals surface area contributed by atoms with E-state index in [1.807, 2.05) is 53.1 Å². The van der Waals surface area contributed by atoms with Crippen LogP contribution in [0, 0.1) is 0 Å². The molecule has 4 aromatic rings. The van der Waals surface area contributed by atoms with Crippen molar-refractivity contribution in [1.29, 1.82) is 0 Å². The number of rotatable bonds is 3. The van der Waals surface area contributed by atoms with Crippen molar-refractivity contribution in [3.63, 3.8) is 0 Å². The van der Waals surface area contributed by atoms with Crippen molar-refractivity contribution in [3.05, 3.63) is 70.5 Å². The Hall–Kier alpha value is -2.99. The lowest BCUT2D eigenvalue weighted by Gasteiger charge is -2.34. The smallest absolute Gasteiger partial charge is 0.246 e. The predicted octanol–water partition coefficient (Wildman–Crippen LogP) is 2.92. The normalized spacial score (nSPS) is 16.0. The van der Waals surface area contributed by atoms with Crippen molar-refractivity contribution in [2.45, 2.75) is 31.3 Å². The molecular formula is C20H18N4O2. The molecule has 1 saturated carbocycles. The van der Waals surface area contributed by atoms with Gasteiger partial charge in [0.1, 0.15) is 6.54 Å². The summed E-state index contributed by atoms with van der Waals surface area (Å²) >= 11 is 0. The second-order valence-corrected chi connectivity index (χ2v) is 6.97. The summed E-state index contributed by atoms with van der Waals surface area (Å²) in [5, 5.41) is 5.46. The number of pyridine rings is 1. The summed E-state index contributed by atoms with van der Waals surface area (Å²) in [7, 11) is 0. The number of nitrogens with two attached hydrogens (primary N) is 1. The van der Waals surface area contributed by atoms with E-state index in [9.17, 15) is 4.79 Å². The molecule has 2 aromatic heterocycles. The lowest BCUT2D eigenvalue weighted by atomic mass is 9.77. The van der Waals surface area contributed by atoms with Crippen LogP contribution in [0.25, 0.3) is 21.8 Å². The Morgan fingerprint density at radius 1 is 1.04 bits per heavy atom. The second-order valence-electron chi connectivity index (χ2n) is 6.97. The average Bonchev–Trinajstić information content (AvgIpc) is 3.12. The van der Waals surface area contributed by atoms with Crippen molar-refractivity contribution in [2.24, 2.45) is 5.73 Å². The zero-order valence-electron chi connectivity index (χ0n) is 14.2. The van der Waals surface area contributed by atoms with E-state index in [0.717, 1.165) is 30.3 Å². The van der Waals surface area contributed by atoms with E-state index < -0.39 is 5.54 Å². The topological polar surface area (TPSA) is 86.9 Å². The molecule has 1 aliphatic rings. The largest absolute Gasteiger partial charge is 0.337 e. The van der Waals surface area contributed by atoms with E-state index in [-0.39, 0.29) is 5.43 Å². The Labute approximate surface area is 149 Å². The molecule has 26 heavy (non-hydrogen) atoms. The van der Waals surface area contributed by atoms with Gasteiger partial charge in [0.25, 0.3) is 0 Å². The van der Waals surface area contributed by atoms with Crippen LogP contribution in [0.3, 0.4) is 0 Å². The third-order valence-electron chi connectivity index (χ3n) is 5.33. The molecule has 2 aromatic carbocycles. The van der Waals surface area contributed by atoms with E-state index >= 15 is 0 Å². The van der Waals surface area contributed by atoms with Crippen molar-refractivity contribution in [3.8, 4) is 0 Å². The highest BCUT2D eigenvalue weighted by Crippen LogP contribution is 2.37. The van der Waals surface area contributed by atoms with Gasteiger partial charge in [-0.15, -0.1) is 0 Å². The lowest BCUT2D eigenvalue weighted by molar-refractivity contribution is 0.229. The van der Waals surface area contributed by atoms with Crippen LogP contribution in [0.1, 0.15) is 31.0 Å². The van der Waals surface area contributed by atoms with Gasteiger partial charge in [0.2, 0.25) is 5.89 Å². The second kappa shape index (κ2) is 5.51. The molecule has 2 N–H and O–H groups in total. The summed E-state index contributed by atoms with van der Waals surface area (Å²) < 4.78 is 7.53. The van der Waals surface area contributed by atoms with Crippen molar-refractivity contribution < 1.29 is 4.52 Å². The Balaban J connectivity index is 1.68. The standard InChI is InChI=1S/C20H18N4O2/c21-20(10-5-11-20)19-22-17(26-23-19)12-24-15-8-3-1-6-13(15)18(25)14-7-2-4-9-16(14)24/h1-4,6-9H,5,10-12,21H2. The summed E-state index contributed by atoms with van der Waals surface area (Å²) in [4.78, 5) is 17.3. The number of para-hydroxylation sites is 2. The van der Waals surface area contributed by atoms with E-state index in [4.69, 9.17) is 10.3 Å². The van der Waals surface area contributed by atoms with Crippen LogP contribution >= 0.6 is 0 Å². The van der Waals surface area contributed by atoms with Crippen LogP contribution in [0.5, 0.6) is 0 Å². The van der Waals surface area contributed by atoms with Crippen molar-refractivity contribution >= 4 is 21.8 Å². The van der Waals surface area contributed by atoms with Gasteiger partial charge in [0.05, 0.1) is 16.6 Å². The molecule has 1 fully saturated rings. The quantitative estimate of drug-likeness (QED) is 0.576. The molecule has 0 saturated heterocycles. The fourth-order valence-electron chi connectivity index (χ4n) is 3.69. The van der Waals surface area contributed by atoms with Gasteiger partial charge in [-0.2, -0.15) is 4.98 Å². The predicted molar refractivity (Wildman–Crippen MR) is 98.8 cm³/mol. The van der Waals surface area contributed by atoms with E-state index in [1.54, 1.807) is 0 Å². The molecule has 0 unspecified atom stereocenters. The SMILES string of the molecule is NC1(c2noc(Cn3c4ccccc4c(=O)c4ccccc43)n2)CCC1. The first-order valence-corrected chi connectivity index (χ1v) is 8.78. The van der Waals surface area contributed by atoms with Crippen molar-refractivity contribution in [1.82, 2.24) is 14.7 Å². The average molecular weight is 346 g/mol. The Morgan fingerprint density at radius 2 is 1.65 bits per heavy atom. The van der Waals surface area contributed by atoms with Crippen LogP contribution in [-0.2, 0) is 12.1 Å². The minimum absolute atomic E-state index is 0.0362. The molecule has 0 spiro atoms. The zero-order chi connectivity index (χ0) is 17.7. The van der Waals surface area contributed by atoms with Gasteiger partial charge < -0.3 is 14.8 Å². The first-order valence-electron chi connectivity index (χ1n) is 8.78. The van der Waals surface area contributed by atoms with E-state index in [2.05, 4.69) is 10.1 Å². The van der Waals surface area contributed by atoms with E-state index in [1.165, 1.54) is 0 Å². The summed E-state index contributed by atoms with van der Waals surface area (Å²) in [6, 6.07) is 15.2. The lowest BCUT2D eigenvalue weighted by Crippen LogP contribution is -2.44. The Kier molecular flexibility index (Phi) is 3.24. The maximum Gasteiger partial charge on any atom is 0.246 e. The molecule has 0 aliphatic heterocycles. The molecule has 6 nitrogen and oxygen atoms in total. The molecule has 130 valence electrons. The number of fused-ring (bicyclic) bond motifs is 2. The van der Waals surface area contributed by atoms with Crippen LogP contribution in [0.2, 0.25) is 0 Å². The van der Waals surface area contributed by atoms with Crippen LogP contribution in [-0.4, -0.2) is 14.7 Å². The molecule has 6 heteroatoms. The van der Waals surface area contributed by atoms with Gasteiger partial charge in [0, 0.05) is 10.8 Å². The first kappa shape index (κ1) is 15.3. The summed E-state index contributed by atoms with van der Waals surface area (Å²) in [5.41, 5.74) is 7.58. The van der Waals surface area contributed by atoms with Crippen LogP contribution in [0.4, 0.5) is 0 Å². The Morgan fingerprint density at radius 3 is 2.23 bits per heavy atom. The van der Waals surface area contributed by atoms with Gasteiger partial charge in [-0.05, 0) is 43.5 Å². The molecular weight excluding hydrogens is 328 g/mol. The first-order chi connectivity index (χ1) is 12.7. The molecule has 5 rings (SSSR count). The minimum atomic E-state index is -0.449. The Bertz CT molecular complexity index is 1130. The number of aromatic nitrogens is 3. The van der Waals surface area contributed by atoms with Gasteiger partial charge >= 0.3 is 0 Å². The number of hydrogen-bond acceptors (Lipinski definition) is 5. The number of hydrogen-bond donors (Lipinski definition) is 1. The highest BCUT2D eigenvalue weighted by molar-refractivity contribution is 5.93. The highest BCUT2D eigenvalue weighted by Gasteiger charge is 2.39. The third kappa shape index (κ3) is 2.19. The molecule has 2 heterocycles. The third-order valence-corrected chi connectivity index (χ3v) is 5.33. The maximum atomic E-state index is 12.8. The molecule has 0 radical (unpaired) electrons.